The van der Waals surface area contributed by atoms with Crippen LogP contribution in [0.4, 0.5) is 11.4 Å². The molecule has 0 radical (unpaired) electrons. The molecule has 0 spiro atoms. The Morgan fingerprint density at radius 2 is 2.32 bits per heavy atom. The first kappa shape index (κ1) is 14.0. The summed E-state index contributed by atoms with van der Waals surface area (Å²) in [6.45, 7) is 0.635. The van der Waals surface area contributed by atoms with Crippen LogP contribution in [-0.2, 0) is 14.8 Å². The molecule has 1 atom stereocenters. The van der Waals surface area contributed by atoms with Gasteiger partial charge in [0.15, 0.2) is 0 Å². The molecule has 0 amide bonds. The Labute approximate surface area is 112 Å². The van der Waals surface area contributed by atoms with E-state index < -0.39 is 10.0 Å². The number of methoxy groups -OCH3 is 1. The van der Waals surface area contributed by atoms with Gasteiger partial charge >= 0.3 is 0 Å². The third kappa shape index (κ3) is 3.74. The molecule has 0 aliphatic carbocycles. The van der Waals surface area contributed by atoms with Crippen molar-refractivity contribution in [1.82, 2.24) is 0 Å². The third-order valence-electron chi connectivity index (χ3n) is 2.93. The number of anilines is 2. The van der Waals surface area contributed by atoms with Gasteiger partial charge in [-0.1, -0.05) is 0 Å². The number of sulfonamides is 1. The van der Waals surface area contributed by atoms with Crippen molar-refractivity contribution in [2.75, 3.05) is 29.9 Å². The van der Waals surface area contributed by atoms with Crippen molar-refractivity contribution in [3.8, 4) is 5.75 Å². The molecule has 0 bridgehead atoms. The summed E-state index contributed by atoms with van der Waals surface area (Å²) in [5.41, 5.74) is 6.55. The highest BCUT2D eigenvalue weighted by molar-refractivity contribution is 7.92. The monoisotopic (exact) mass is 286 g/mol. The highest BCUT2D eigenvalue weighted by Crippen LogP contribution is 2.25. The highest BCUT2D eigenvalue weighted by atomic mass is 32.2. The third-order valence-corrected chi connectivity index (χ3v) is 4.29. The van der Waals surface area contributed by atoms with E-state index in [2.05, 4.69) is 4.72 Å². The van der Waals surface area contributed by atoms with Gasteiger partial charge in [-0.05, 0) is 31.0 Å². The number of nitrogen functional groups attached to an aromatic ring is 1. The van der Waals surface area contributed by atoms with Crippen LogP contribution in [0, 0.1) is 0 Å². The van der Waals surface area contributed by atoms with Crippen LogP contribution in [0.1, 0.15) is 12.8 Å². The molecule has 106 valence electrons. The number of ether oxygens (including phenoxy) is 2. The van der Waals surface area contributed by atoms with E-state index in [1.807, 2.05) is 0 Å². The molecular weight excluding hydrogens is 268 g/mol. The van der Waals surface area contributed by atoms with Crippen LogP contribution in [0.25, 0.3) is 0 Å². The zero-order chi connectivity index (χ0) is 13.9. The predicted molar refractivity (Wildman–Crippen MR) is 73.8 cm³/mol. The summed E-state index contributed by atoms with van der Waals surface area (Å²) in [6, 6.07) is 4.77. The number of nitrogens with two attached hydrogens (primary N) is 1. The molecule has 1 aromatic carbocycles. The van der Waals surface area contributed by atoms with Crippen molar-refractivity contribution in [1.29, 1.82) is 0 Å². The first-order chi connectivity index (χ1) is 9.00. The lowest BCUT2D eigenvalue weighted by Gasteiger charge is -2.13. The predicted octanol–water partition coefficient (Wildman–Crippen LogP) is 1.20. The van der Waals surface area contributed by atoms with E-state index in [4.69, 9.17) is 15.2 Å². The fraction of sp³-hybridized carbons (Fsp3) is 0.500. The normalized spacial score (nSPS) is 19.3. The molecule has 1 aliphatic heterocycles. The van der Waals surface area contributed by atoms with Crippen LogP contribution in [0.2, 0.25) is 0 Å². The Hall–Kier alpha value is -1.47. The number of hydrogen-bond donors (Lipinski definition) is 2. The standard InChI is InChI=1S/C12H18N2O4S/c1-17-12-5-4-9(7-11(12)13)14-19(15,16)8-10-3-2-6-18-10/h4-5,7,10,14H,2-3,6,8,13H2,1H3. The second-order valence-electron chi connectivity index (χ2n) is 4.48. The molecule has 1 aliphatic rings. The molecule has 3 N–H and O–H groups in total. The largest absolute Gasteiger partial charge is 0.495 e. The summed E-state index contributed by atoms with van der Waals surface area (Å²) in [5, 5.41) is 0. The highest BCUT2D eigenvalue weighted by Gasteiger charge is 2.23. The maximum atomic E-state index is 12.0. The second-order valence-corrected chi connectivity index (χ2v) is 6.24. The van der Waals surface area contributed by atoms with E-state index in [0.29, 0.717) is 23.7 Å². The van der Waals surface area contributed by atoms with Gasteiger partial charge in [0.25, 0.3) is 0 Å². The van der Waals surface area contributed by atoms with Crippen LogP contribution in [0.5, 0.6) is 5.75 Å². The van der Waals surface area contributed by atoms with E-state index in [1.165, 1.54) is 13.2 Å². The average Bonchev–Trinajstić information content (AvgIpc) is 2.80. The van der Waals surface area contributed by atoms with Gasteiger partial charge < -0.3 is 15.2 Å². The summed E-state index contributed by atoms with van der Waals surface area (Å²) in [5.74, 6) is 0.487. The topological polar surface area (TPSA) is 90.6 Å². The molecule has 0 saturated carbocycles. The number of rotatable bonds is 5. The minimum atomic E-state index is -3.43. The fourth-order valence-electron chi connectivity index (χ4n) is 2.04. The molecule has 1 fully saturated rings. The Bertz CT molecular complexity index is 539. The Morgan fingerprint density at radius 3 is 2.89 bits per heavy atom. The van der Waals surface area contributed by atoms with Crippen LogP contribution in [0.15, 0.2) is 18.2 Å². The quantitative estimate of drug-likeness (QED) is 0.794. The molecule has 19 heavy (non-hydrogen) atoms. The van der Waals surface area contributed by atoms with Crippen LogP contribution in [0.3, 0.4) is 0 Å². The van der Waals surface area contributed by atoms with E-state index in [1.54, 1.807) is 12.1 Å². The minimum absolute atomic E-state index is 0.0288. The van der Waals surface area contributed by atoms with E-state index >= 15 is 0 Å². The minimum Gasteiger partial charge on any atom is -0.495 e. The summed E-state index contributed by atoms with van der Waals surface area (Å²) >= 11 is 0. The second kappa shape index (κ2) is 5.66. The summed E-state index contributed by atoms with van der Waals surface area (Å²) < 4.78 is 36.7. The summed E-state index contributed by atoms with van der Waals surface area (Å²) in [4.78, 5) is 0. The Balaban J connectivity index is 2.04. The fourth-order valence-corrected chi connectivity index (χ4v) is 3.36. The molecule has 6 nitrogen and oxygen atoms in total. The molecule has 7 heteroatoms. The van der Waals surface area contributed by atoms with Crippen molar-refractivity contribution in [2.45, 2.75) is 18.9 Å². The van der Waals surface area contributed by atoms with E-state index in [9.17, 15) is 8.42 Å². The number of hydrogen-bond acceptors (Lipinski definition) is 5. The molecule has 2 rings (SSSR count). The van der Waals surface area contributed by atoms with Crippen molar-refractivity contribution in [3.63, 3.8) is 0 Å². The van der Waals surface area contributed by atoms with Gasteiger partial charge in [0.05, 0.1) is 30.3 Å². The molecule has 1 unspecified atom stereocenters. The Morgan fingerprint density at radius 1 is 1.53 bits per heavy atom. The molecular formula is C12H18N2O4S. The van der Waals surface area contributed by atoms with Gasteiger partial charge in [-0.15, -0.1) is 0 Å². The van der Waals surface area contributed by atoms with Crippen LogP contribution in [-0.4, -0.2) is 34.0 Å². The lowest BCUT2D eigenvalue weighted by molar-refractivity contribution is 0.127. The maximum absolute atomic E-state index is 12.0. The van der Waals surface area contributed by atoms with Gasteiger partial charge in [-0.25, -0.2) is 8.42 Å². The zero-order valence-electron chi connectivity index (χ0n) is 10.8. The molecule has 0 aromatic heterocycles. The van der Waals surface area contributed by atoms with Crippen molar-refractivity contribution in [2.24, 2.45) is 0 Å². The van der Waals surface area contributed by atoms with Crippen molar-refractivity contribution >= 4 is 21.4 Å². The maximum Gasteiger partial charge on any atom is 0.235 e. The lowest BCUT2D eigenvalue weighted by atomic mass is 10.2. The number of nitrogens with one attached hydrogen (secondary N) is 1. The Kier molecular flexibility index (Phi) is 4.16. The van der Waals surface area contributed by atoms with Gasteiger partial charge in [0, 0.05) is 6.61 Å². The van der Waals surface area contributed by atoms with Crippen LogP contribution >= 0.6 is 0 Å². The van der Waals surface area contributed by atoms with Crippen molar-refractivity contribution in [3.05, 3.63) is 18.2 Å². The van der Waals surface area contributed by atoms with Crippen LogP contribution < -0.4 is 15.2 Å². The molecule has 1 saturated heterocycles. The number of benzene rings is 1. The van der Waals surface area contributed by atoms with E-state index in [-0.39, 0.29) is 11.9 Å². The van der Waals surface area contributed by atoms with Gasteiger partial charge in [-0.3, -0.25) is 4.72 Å². The van der Waals surface area contributed by atoms with Gasteiger partial charge in [0.1, 0.15) is 5.75 Å². The summed E-state index contributed by atoms with van der Waals surface area (Å²) in [7, 11) is -1.92. The van der Waals surface area contributed by atoms with Crippen molar-refractivity contribution < 1.29 is 17.9 Å². The SMILES string of the molecule is COc1ccc(NS(=O)(=O)CC2CCCO2)cc1N. The first-order valence-electron chi connectivity index (χ1n) is 6.06. The molecule has 1 heterocycles. The van der Waals surface area contributed by atoms with Gasteiger partial charge in [0.2, 0.25) is 10.0 Å². The smallest absolute Gasteiger partial charge is 0.235 e. The van der Waals surface area contributed by atoms with E-state index in [0.717, 1.165) is 12.8 Å². The molecule has 1 aromatic rings. The zero-order valence-corrected chi connectivity index (χ0v) is 11.6. The van der Waals surface area contributed by atoms with Gasteiger partial charge in [-0.2, -0.15) is 0 Å². The first-order valence-corrected chi connectivity index (χ1v) is 7.71. The average molecular weight is 286 g/mol. The lowest BCUT2D eigenvalue weighted by Crippen LogP contribution is -2.25. The summed E-state index contributed by atoms with van der Waals surface area (Å²) in [6.07, 6.45) is 1.48.